The van der Waals surface area contributed by atoms with Crippen molar-refractivity contribution in [2.45, 2.75) is 0 Å². The van der Waals surface area contributed by atoms with Crippen molar-refractivity contribution in [3.63, 3.8) is 0 Å². The highest BCUT2D eigenvalue weighted by Crippen LogP contribution is 2.29. The van der Waals surface area contributed by atoms with Crippen LogP contribution >= 0.6 is 11.6 Å². The van der Waals surface area contributed by atoms with E-state index in [0.29, 0.717) is 10.6 Å². The summed E-state index contributed by atoms with van der Waals surface area (Å²) in [5.41, 5.74) is 3.36. The summed E-state index contributed by atoms with van der Waals surface area (Å²) in [6, 6.07) is 24.6. The van der Waals surface area contributed by atoms with Gasteiger partial charge in [-0.25, -0.2) is 0 Å². The van der Waals surface area contributed by atoms with Gasteiger partial charge in [0.05, 0.1) is 0 Å². The van der Waals surface area contributed by atoms with E-state index in [1.54, 1.807) is 24.3 Å². The summed E-state index contributed by atoms with van der Waals surface area (Å²) in [6.45, 7) is 0. The second-order valence-corrected chi connectivity index (χ2v) is 6.09. The number of benzene rings is 3. The SMILES string of the molecule is O=C(Nc1ccccc1-c1ccccc1)c1cc2cc(Cl)ccc2o1. The highest BCUT2D eigenvalue weighted by Gasteiger charge is 2.14. The molecule has 0 unspecified atom stereocenters. The lowest BCUT2D eigenvalue weighted by Gasteiger charge is -2.10. The van der Waals surface area contributed by atoms with Crippen LogP contribution in [0, 0.1) is 0 Å². The van der Waals surface area contributed by atoms with Crippen LogP contribution in [0.2, 0.25) is 5.02 Å². The van der Waals surface area contributed by atoms with E-state index in [1.165, 1.54) is 0 Å². The normalized spacial score (nSPS) is 10.8. The number of carbonyl (C=O) groups is 1. The highest BCUT2D eigenvalue weighted by molar-refractivity contribution is 6.31. The molecule has 25 heavy (non-hydrogen) atoms. The van der Waals surface area contributed by atoms with E-state index in [2.05, 4.69) is 5.32 Å². The first-order valence-corrected chi connectivity index (χ1v) is 8.23. The molecule has 0 radical (unpaired) electrons. The Labute approximate surface area is 149 Å². The van der Waals surface area contributed by atoms with Crippen molar-refractivity contribution < 1.29 is 9.21 Å². The summed E-state index contributed by atoms with van der Waals surface area (Å²) >= 11 is 5.98. The molecule has 4 aromatic rings. The molecule has 4 heteroatoms. The molecule has 0 saturated heterocycles. The highest BCUT2D eigenvalue weighted by atomic mass is 35.5. The van der Waals surface area contributed by atoms with Crippen LogP contribution in [0.1, 0.15) is 10.6 Å². The number of anilines is 1. The summed E-state index contributed by atoms with van der Waals surface area (Å²) in [6.07, 6.45) is 0. The molecular weight excluding hydrogens is 334 g/mol. The van der Waals surface area contributed by atoms with Gasteiger partial charge in [-0.05, 0) is 35.9 Å². The maximum absolute atomic E-state index is 12.6. The average molecular weight is 348 g/mol. The third kappa shape index (κ3) is 3.14. The molecule has 1 heterocycles. The minimum Gasteiger partial charge on any atom is -0.451 e. The Balaban J connectivity index is 1.67. The van der Waals surface area contributed by atoms with Crippen molar-refractivity contribution in [1.82, 2.24) is 0 Å². The fourth-order valence-corrected chi connectivity index (χ4v) is 2.95. The molecule has 0 aliphatic rings. The molecule has 0 atom stereocenters. The lowest BCUT2D eigenvalue weighted by Crippen LogP contribution is -2.11. The predicted molar refractivity (Wildman–Crippen MR) is 101 cm³/mol. The van der Waals surface area contributed by atoms with Crippen molar-refractivity contribution in [2.24, 2.45) is 0 Å². The van der Waals surface area contributed by atoms with Gasteiger partial charge in [0, 0.05) is 21.7 Å². The van der Waals surface area contributed by atoms with Crippen molar-refractivity contribution >= 4 is 34.2 Å². The van der Waals surface area contributed by atoms with Crippen LogP contribution in [0.3, 0.4) is 0 Å². The summed E-state index contributed by atoms with van der Waals surface area (Å²) in [5, 5.41) is 4.34. The summed E-state index contributed by atoms with van der Waals surface area (Å²) < 4.78 is 5.63. The fraction of sp³-hybridized carbons (Fsp3) is 0. The van der Waals surface area contributed by atoms with Crippen molar-refractivity contribution in [2.75, 3.05) is 5.32 Å². The van der Waals surface area contributed by atoms with Crippen LogP contribution in [0.15, 0.2) is 83.3 Å². The zero-order valence-electron chi connectivity index (χ0n) is 13.2. The molecule has 1 N–H and O–H groups in total. The molecule has 0 aliphatic carbocycles. The second-order valence-electron chi connectivity index (χ2n) is 5.66. The summed E-state index contributed by atoms with van der Waals surface area (Å²) in [7, 11) is 0. The number of para-hydroxylation sites is 1. The molecule has 1 amide bonds. The molecule has 0 aliphatic heterocycles. The zero-order valence-corrected chi connectivity index (χ0v) is 14.0. The smallest absolute Gasteiger partial charge is 0.291 e. The van der Waals surface area contributed by atoms with Gasteiger partial charge in [-0.1, -0.05) is 60.1 Å². The minimum atomic E-state index is -0.296. The number of hydrogen-bond donors (Lipinski definition) is 1. The first kappa shape index (κ1) is 15.5. The van der Waals surface area contributed by atoms with Gasteiger partial charge in [-0.2, -0.15) is 0 Å². The third-order valence-electron chi connectivity index (χ3n) is 3.96. The Morgan fingerprint density at radius 2 is 1.64 bits per heavy atom. The maximum atomic E-state index is 12.6. The number of amides is 1. The number of halogens is 1. The molecule has 3 aromatic carbocycles. The first-order chi connectivity index (χ1) is 12.2. The Morgan fingerprint density at radius 3 is 2.48 bits per heavy atom. The van der Waals surface area contributed by atoms with Gasteiger partial charge >= 0.3 is 0 Å². The number of hydrogen-bond acceptors (Lipinski definition) is 2. The quantitative estimate of drug-likeness (QED) is 0.493. The number of furan rings is 1. The molecule has 0 fully saturated rings. The standard InChI is InChI=1S/C21H14ClNO2/c22-16-10-11-19-15(12-16)13-20(25-19)21(24)23-18-9-5-4-8-17(18)14-6-2-1-3-7-14/h1-13H,(H,23,24). The molecule has 1 aromatic heterocycles. The van der Waals surface area contributed by atoms with Gasteiger partial charge in [-0.15, -0.1) is 0 Å². The van der Waals surface area contributed by atoms with Gasteiger partial charge < -0.3 is 9.73 Å². The Morgan fingerprint density at radius 1 is 0.880 bits per heavy atom. The molecule has 122 valence electrons. The fourth-order valence-electron chi connectivity index (χ4n) is 2.77. The van der Waals surface area contributed by atoms with Gasteiger partial charge in [0.1, 0.15) is 5.58 Å². The van der Waals surface area contributed by atoms with Gasteiger partial charge in [-0.3, -0.25) is 4.79 Å². The number of nitrogens with one attached hydrogen (secondary N) is 1. The molecule has 0 spiro atoms. The number of rotatable bonds is 3. The molecular formula is C21H14ClNO2. The molecule has 3 nitrogen and oxygen atoms in total. The molecule has 0 saturated carbocycles. The Hall–Kier alpha value is -3.04. The van der Waals surface area contributed by atoms with Crippen molar-refractivity contribution in [3.05, 3.63) is 89.6 Å². The van der Waals surface area contributed by atoms with Crippen molar-refractivity contribution in [3.8, 4) is 11.1 Å². The van der Waals surface area contributed by atoms with Crippen LogP contribution in [0.5, 0.6) is 0 Å². The molecule has 0 bridgehead atoms. The lowest BCUT2D eigenvalue weighted by atomic mass is 10.0. The summed E-state index contributed by atoms with van der Waals surface area (Å²) in [4.78, 5) is 12.6. The number of carbonyl (C=O) groups excluding carboxylic acids is 1. The van der Waals surface area contributed by atoms with Crippen LogP contribution in [-0.4, -0.2) is 5.91 Å². The van der Waals surface area contributed by atoms with E-state index >= 15 is 0 Å². The van der Waals surface area contributed by atoms with E-state index in [-0.39, 0.29) is 11.7 Å². The van der Waals surface area contributed by atoms with Crippen LogP contribution in [-0.2, 0) is 0 Å². The van der Waals surface area contributed by atoms with Crippen molar-refractivity contribution in [1.29, 1.82) is 0 Å². The van der Waals surface area contributed by atoms with Gasteiger partial charge in [0.2, 0.25) is 0 Å². The number of fused-ring (bicyclic) bond motifs is 1. The van der Waals surface area contributed by atoms with E-state index < -0.39 is 0 Å². The van der Waals surface area contributed by atoms with E-state index in [0.717, 1.165) is 22.2 Å². The Bertz CT molecular complexity index is 1050. The van der Waals surface area contributed by atoms with E-state index in [1.807, 2.05) is 54.6 Å². The maximum Gasteiger partial charge on any atom is 0.291 e. The van der Waals surface area contributed by atoms with Gasteiger partial charge in [0.25, 0.3) is 5.91 Å². The van der Waals surface area contributed by atoms with Crippen LogP contribution in [0.25, 0.3) is 22.1 Å². The second kappa shape index (κ2) is 6.46. The topological polar surface area (TPSA) is 42.2 Å². The Kier molecular flexibility index (Phi) is 4.00. The third-order valence-corrected chi connectivity index (χ3v) is 4.20. The monoisotopic (exact) mass is 347 g/mol. The summed E-state index contributed by atoms with van der Waals surface area (Å²) in [5.74, 6) is -0.0455. The van der Waals surface area contributed by atoms with Crippen LogP contribution in [0.4, 0.5) is 5.69 Å². The predicted octanol–water partition coefficient (Wildman–Crippen LogP) is 6.01. The lowest BCUT2D eigenvalue weighted by molar-refractivity contribution is 0.0999. The van der Waals surface area contributed by atoms with E-state index in [9.17, 15) is 4.79 Å². The molecule has 4 rings (SSSR count). The zero-order chi connectivity index (χ0) is 17.2. The largest absolute Gasteiger partial charge is 0.451 e. The van der Waals surface area contributed by atoms with E-state index in [4.69, 9.17) is 16.0 Å². The first-order valence-electron chi connectivity index (χ1n) is 7.85. The van der Waals surface area contributed by atoms with Gasteiger partial charge in [0.15, 0.2) is 5.76 Å². The average Bonchev–Trinajstić information content (AvgIpc) is 3.06. The minimum absolute atomic E-state index is 0.250. The van der Waals surface area contributed by atoms with Crippen LogP contribution < -0.4 is 5.32 Å².